The number of carbonyl (C=O) groups is 2. The van der Waals surface area contributed by atoms with Crippen molar-refractivity contribution in [2.75, 3.05) is 24.8 Å². The van der Waals surface area contributed by atoms with E-state index in [1.165, 1.54) is 0 Å². The molecular formula is C10H16Cl2N4O4. The van der Waals surface area contributed by atoms with Gasteiger partial charge in [0.2, 0.25) is 11.8 Å². The summed E-state index contributed by atoms with van der Waals surface area (Å²) in [7, 11) is 0. The van der Waals surface area contributed by atoms with E-state index in [2.05, 4.69) is 10.6 Å². The molecule has 0 aliphatic heterocycles. The van der Waals surface area contributed by atoms with E-state index in [0.29, 0.717) is 12.8 Å². The first-order valence-electron chi connectivity index (χ1n) is 5.99. The Kier molecular flexibility index (Phi) is 10.8. The Bertz CT molecular complexity index is 311. The smallest absolute Gasteiger partial charge is 0.245 e. The first-order chi connectivity index (χ1) is 9.60. The number of unbranched alkanes of at least 4 members (excludes halogenated alkanes) is 1. The molecule has 0 N–H and O–H groups in total. The van der Waals surface area contributed by atoms with Gasteiger partial charge in [-0.3, -0.25) is 9.59 Å². The Morgan fingerprint density at radius 2 is 1.15 bits per heavy atom. The van der Waals surface area contributed by atoms with Crippen LogP contribution in [-0.4, -0.2) is 46.7 Å². The second-order valence-electron chi connectivity index (χ2n) is 3.78. The fourth-order valence-electron chi connectivity index (χ4n) is 1.39. The predicted molar refractivity (Wildman–Crippen MR) is 74.9 cm³/mol. The third-order valence-electron chi connectivity index (χ3n) is 2.40. The van der Waals surface area contributed by atoms with E-state index in [4.69, 9.17) is 23.2 Å². The molecule has 0 aromatic carbocycles. The molecule has 0 aromatic rings. The summed E-state index contributed by atoms with van der Waals surface area (Å²) in [5, 5.41) is 6.62. The zero-order valence-corrected chi connectivity index (χ0v) is 12.3. The van der Waals surface area contributed by atoms with Crippen LogP contribution in [0.25, 0.3) is 0 Å². The highest BCUT2D eigenvalue weighted by atomic mass is 35.5. The van der Waals surface area contributed by atoms with Crippen molar-refractivity contribution in [3.8, 4) is 0 Å². The van der Waals surface area contributed by atoms with Crippen molar-refractivity contribution < 1.29 is 9.59 Å². The van der Waals surface area contributed by atoms with Gasteiger partial charge in [0.15, 0.2) is 0 Å². The molecule has 10 heteroatoms. The van der Waals surface area contributed by atoms with Crippen LogP contribution in [-0.2, 0) is 9.59 Å². The number of nitrogens with zero attached hydrogens (tertiary/aromatic N) is 4. The van der Waals surface area contributed by atoms with Crippen LogP contribution in [0.5, 0.6) is 0 Å². The quantitative estimate of drug-likeness (QED) is 0.251. The molecule has 0 spiro atoms. The van der Waals surface area contributed by atoms with Gasteiger partial charge in [0.25, 0.3) is 0 Å². The molecule has 0 aliphatic rings. The largest absolute Gasteiger partial charge is 0.273 e. The van der Waals surface area contributed by atoms with Gasteiger partial charge in [-0.25, -0.2) is 0 Å². The van der Waals surface area contributed by atoms with E-state index in [1.54, 1.807) is 0 Å². The van der Waals surface area contributed by atoms with Crippen LogP contribution in [0.15, 0.2) is 10.6 Å². The van der Waals surface area contributed by atoms with Crippen LogP contribution in [0.3, 0.4) is 0 Å². The van der Waals surface area contributed by atoms with Gasteiger partial charge in [-0.1, -0.05) is 0 Å². The van der Waals surface area contributed by atoms with Crippen molar-refractivity contribution in [2.45, 2.75) is 25.7 Å². The predicted octanol–water partition coefficient (Wildman–Crippen LogP) is 2.04. The lowest BCUT2D eigenvalue weighted by atomic mass is 10.1. The second kappa shape index (κ2) is 11.5. The fourth-order valence-corrected chi connectivity index (χ4v) is 1.71. The number of hydrogen-bond acceptors (Lipinski definition) is 6. The number of amides is 2. The van der Waals surface area contributed by atoms with Crippen LogP contribution < -0.4 is 0 Å². The lowest BCUT2D eigenvalue weighted by Crippen LogP contribution is -2.28. The van der Waals surface area contributed by atoms with Crippen molar-refractivity contribution >= 4 is 35.0 Å². The molecule has 0 fully saturated rings. The summed E-state index contributed by atoms with van der Waals surface area (Å²) in [6, 6.07) is 0. The first kappa shape index (κ1) is 18.7. The summed E-state index contributed by atoms with van der Waals surface area (Å²) < 4.78 is 0. The van der Waals surface area contributed by atoms with Gasteiger partial charge < -0.3 is 0 Å². The maximum Gasteiger partial charge on any atom is 0.245 e. The standard InChI is InChI=1S/C10H16Cl2N4O4/c11-5-7-15(13-19)9(17)3-1-2-4-10(18)16(14-20)8-6-12/h1-8H2. The number of hydrogen-bond donors (Lipinski definition) is 0. The molecule has 8 nitrogen and oxygen atoms in total. The maximum absolute atomic E-state index is 11.5. The van der Waals surface area contributed by atoms with Crippen molar-refractivity contribution in [1.82, 2.24) is 10.0 Å². The molecule has 0 aromatic heterocycles. The average molecular weight is 327 g/mol. The van der Waals surface area contributed by atoms with Gasteiger partial charge in [0.1, 0.15) is 0 Å². The minimum absolute atomic E-state index is 0.0569. The van der Waals surface area contributed by atoms with Crippen LogP contribution in [0.1, 0.15) is 25.7 Å². The molecule has 0 saturated carbocycles. The Hall–Kier alpha value is -1.28. The summed E-state index contributed by atoms with van der Waals surface area (Å²) >= 11 is 10.8. The highest BCUT2D eigenvalue weighted by Gasteiger charge is 2.15. The van der Waals surface area contributed by atoms with Gasteiger partial charge in [-0.05, 0) is 12.8 Å². The van der Waals surface area contributed by atoms with E-state index in [9.17, 15) is 19.4 Å². The van der Waals surface area contributed by atoms with Crippen molar-refractivity contribution in [2.24, 2.45) is 10.6 Å². The topological polar surface area (TPSA) is 99.5 Å². The van der Waals surface area contributed by atoms with E-state index in [1.807, 2.05) is 0 Å². The summed E-state index contributed by atoms with van der Waals surface area (Å²) in [6.07, 6.45) is 0.957. The van der Waals surface area contributed by atoms with Gasteiger partial charge >= 0.3 is 0 Å². The minimum Gasteiger partial charge on any atom is -0.273 e. The van der Waals surface area contributed by atoms with Gasteiger partial charge in [0, 0.05) is 24.6 Å². The number of rotatable bonds is 11. The Morgan fingerprint density at radius 3 is 1.40 bits per heavy atom. The molecule has 20 heavy (non-hydrogen) atoms. The monoisotopic (exact) mass is 326 g/mol. The van der Waals surface area contributed by atoms with Crippen molar-refractivity contribution in [1.29, 1.82) is 0 Å². The SMILES string of the molecule is O=NN(CCCl)C(=O)CCCCC(=O)N(CCCl)N=O. The highest BCUT2D eigenvalue weighted by molar-refractivity contribution is 6.18. The van der Waals surface area contributed by atoms with Gasteiger partial charge in [0.05, 0.1) is 23.7 Å². The summed E-state index contributed by atoms with van der Waals surface area (Å²) in [6.45, 7) is 0.114. The zero-order chi connectivity index (χ0) is 15.4. The minimum atomic E-state index is -0.445. The number of alkyl halides is 2. The fraction of sp³-hybridized carbons (Fsp3) is 0.800. The Balaban J connectivity index is 3.95. The van der Waals surface area contributed by atoms with E-state index < -0.39 is 11.8 Å². The van der Waals surface area contributed by atoms with Crippen LogP contribution in [0.4, 0.5) is 0 Å². The molecule has 2 amide bonds. The lowest BCUT2D eigenvalue weighted by molar-refractivity contribution is -0.133. The van der Waals surface area contributed by atoms with Crippen molar-refractivity contribution in [3.05, 3.63) is 9.81 Å². The van der Waals surface area contributed by atoms with Gasteiger partial charge in [-0.2, -0.15) is 10.0 Å². The molecule has 0 saturated heterocycles. The molecule has 0 atom stereocenters. The maximum atomic E-state index is 11.5. The van der Waals surface area contributed by atoms with Crippen molar-refractivity contribution in [3.63, 3.8) is 0 Å². The van der Waals surface area contributed by atoms with E-state index in [0.717, 1.165) is 10.0 Å². The zero-order valence-electron chi connectivity index (χ0n) is 10.8. The number of halogens is 2. The third kappa shape index (κ3) is 7.34. The molecule has 0 unspecified atom stereocenters. The molecule has 0 aliphatic carbocycles. The second-order valence-corrected chi connectivity index (χ2v) is 4.54. The third-order valence-corrected chi connectivity index (χ3v) is 2.73. The van der Waals surface area contributed by atoms with E-state index >= 15 is 0 Å². The molecular weight excluding hydrogens is 311 g/mol. The van der Waals surface area contributed by atoms with Crippen LogP contribution >= 0.6 is 23.2 Å². The lowest BCUT2D eigenvalue weighted by Gasteiger charge is -2.12. The number of nitroso groups, excluding NO2 is 2. The average Bonchev–Trinajstić information content (AvgIpc) is 2.46. The summed E-state index contributed by atoms with van der Waals surface area (Å²) in [5.74, 6) is -0.652. The summed E-state index contributed by atoms with van der Waals surface area (Å²) in [5.41, 5.74) is 0. The molecule has 0 heterocycles. The Morgan fingerprint density at radius 1 is 0.800 bits per heavy atom. The first-order valence-corrected chi connectivity index (χ1v) is 7.06. The van der Waals surface area contributed by atoms with E-state index in [-0.39, 0.29) is 37.7 Å². The highest BCUT2D eigenvalue weighted by Crippen LogP contribution is 2.07. The molecule has 0 radical (unpaired) electrons. The normalized spacial score (nSPS) is 9.90. The molecule has 0 rings (SSSR count). The Labute approximate surface area is 126 Å². The summed E-state index contributed by atoms with van der Waals surface area (Å²) in [4.78, 5) is 43.7. The van der Waals surface area contributed by atoms with Crippen LogP contribution in [0.2, 0.25) is 0 Å². The van der Waals surface area contributed by atoms with Crippen LogP contribution in [0, 0.1) is 9.81 Å². The number of carbonyl (C=O) groups excluding carboxylic acids is 2. The van der Waals surface area contributed by atoms with Gasteiger partial charge in [-0.15, -0.1) is 33.0 Å². The molecule has 0 bridgehead atoms. The molecule has 114 valence electrons.